The van der Waals surface area contributed by atoms with Gasteiger partial charge >= 0.3 is 6.09 Å². The summed E-state index contributed by atoms with van der Waals surface area (Å²) in [4.78, 5) is 34.7. The van der Waals surface area contributed by atoms with Crippen molar-refractivity contribution in [3.63, 3.8) is 0 Å². The molecule has 0 aromatic carbocycles. The van der Waals surface area contributed by atoms with Gasteiger partial charge in [-0.15, -0.1) is 10.2 Å². The fourth-order valence-electron chi connectivity index (χ4n) is 6.52. The van der Waals surface area contributed by atoms with Crippen LogP contribution in [0, 0.1) is 16.7 Å². The van der Waals surface area contributed by atoms with Crippen LogP contribution in [0.2, 0.25) is 0 Å². The summed E-state index contributed by atoms with van der Waals surface area (Å²) in [6, 6.07) is 6.11. The van der Waals surface area contributed by atoms with Gasteiger partial charge in [0.2, 0.25) is 17.7 Å². The van der Waals surface area contributed by atoms with Crippen LogP contribution in [0.25, 0.3) is 0 Å². The van der Waals surface area contributed by atoms with Crippen LogP contribution < -0.4 is 0 Å². The molecule has 216 valence electrons. The summed E-state index contributed by atoms with van der Waals surface area (Å²) in [5.74, 6) is 1.57. The van der Waals surface area contributed by atoms with Crippen molar-refractivity contribution in [2.24, 2.45) is 16.7 Å². The third kappa shape index (κ3) is 5.34. The van der Waals surface area contributed by atoms with Crippen molar-refractivity contribution in [1.82, 2.24) is 25.0 Å². The first kappa shape index (κ1) is 27.2. The number of carbonyl (C=O) groups is 2. The molecule has 0 radical (unpaired) electrons. The van der Waals surface area contributed by atoms with Crippen LogP contribution in [0.1, 0.15) is 88.9 Å². The van der Waals surface area contributed by atoms with E-state index < -0.39 is 5.60 Å². The van der Waals surface area contributed by atoms with Crippen LogP contribution >= 0.6 is 0 Å². The number of rotatable bonds is 5. The van der Waals surface area contributed by atoms with Crippen LogP contribution in [0.3, 0.4) is 0 Å². The van der Waals surface area contributed by atoms with E-state index in [0.29, 0.717) is 50.3 Å². The smallest absolute Gasteiger partial charge is 0.410 e. The Morgan fingerprint density at radius 3 is 2.45 bits per heavy atom. The Labute approximate surface area is 235 Å². The molecule has 2 aromatic heterocycles. The first-order chi connectivity index (χ1) is 18.9. The number of nitrogens with zero attached hydrogens (tertiary/aromatic N) is 5. The van der Waals surface area contributed by atoms with Gasteiger partial charge in [-0.05, 0) is 57.6 Å². The highest BCUT2D eigenvalue weighted by atomic mass is 16.6. The minimum absolute atomic E-state index is 0.0783. The van der Waals surface area contributed by atoms with E-state index >= 15 is 0 Å². The molecule has 4 aliphatic rings. The Kier molecular flexibility index (Phi) is 6.67. The Bertz CT molecular complexity index is 1270. The number of ether oxygens (including phenoxy) is 2. The monoisotopic (exact) mass is 551 g/mol. The van der Waals surface area contributed by atoms with E-state index in [9.17, 15) is 9.59 Å². The number of aromatic nitrogens is 3. The second-order valence-electron chi connectivity index (χ2n) is 13.9. The molecule has 1 unspecified atom stereocenters. The zero-order valence-electron chi connectivity index (χ0n) is 24.3. The van der Waals surface area contributed by atoms with Crippen LogP contribution in [-0.2, 0) is 20.7 Å². The van der Waals surface area contributed by atoms with Crippen LogP contribution in [0.4, 0.5) is 4.79 Å². The lowest BCUT2D eigenvalue weighted by Gasteiger charge is -2.50. The first-order valence-corrected chi connectivity index (χ1v) is 14.6. The summed E-state index contributed by atoms with van der Waals surface area (Å²) in [6.07, 6.45) is 2.99. The maximum Gasteiger partial charge on any atom is 0.410 e. The maximum atomic E-state index is 13.1. The van der Waals surface area contributed by atoms with Gasteiger partial charge in [0.05, 0.1) is 12.3 Å². The summed E-state index contributed by atoms with van der Waals surface area (Å²) < 4.78 is 17.4. The van der Waals surface area contributed by atoms with E-state index in [0.717, 1.165) is 43.9 Å². The van der Waals surface area contributed by atoms with Gasteiger partial charge < -0.3 is 23.7 Å². The highest BCUT2D eigenvalue weighted by Gasteiger charge is 2.62. The van der Waals surface area contributed by atoms with Gasteiger partial charge in [0.1, 0.15) is 5.60 Å². The van der Waals surface area contributed by atoms with Crippen molar-refractivity contribution in [1.29, 1.82) is 0 Å². The average Bonchev–Trinajstić information content (AvgIpc) is 3.21. The molecule has 6 rings (SSSR count). The van der Waals surface area contributed by atoms with E-state index in [4.69, 9.17) is 18.9 Å². The number of carbonyl (C=O) groups excluding carboxylic acids is 2. The number of hydrogen-bond acceptors (Lipinski definition) is 8. The molecule has 0 bridgehead atoms. The lowest BCUT2D eigenvalue weighted by molar-refractivity contribution is -0.146. The SMILES string of the molecule is CC(C)(C)OC(=O)N1CC(c2nnc(Cc3cccc(C4CCOCC4)n3)o2)C2(C1)CN(C(=O)[C@H]1CC1(C)C)C2. The summed E-state index contributed by atoms with van der Waals surface area (Å²) >= 11 is 0. The van der Waals surface area contributed by atoms with E-state index in [1.807, 2.05) is 37.8 Å². The van der Waals surface area contributed by atoms with Crippen molar-refractivity contribution in [3.05, 3.63) is 41.4 Å². The Morgan fingerprint density at radius 1 is 1.07 bits per heavy atom. The predicted octanol–water partition coefficient (Wildman–Crippen LogP) is 4.16. The molecule has 0 N–H and O–H groups in total. The fraction of sp³-hybridized carbons (Fsp3) is 0.700. The molecule has 1 saturated carbocycles. The lowest BCUT2D eigenvalue weighted by Crippen LogP contribution is -2.62. The lowest BCUT2D eigenvalue weighted by atomic mass is 9.71. The minimum atomic E-state index is -0.592. The maximum absolute atomic E-state index is 13.1. The molecule has 3 saturated heterocycles. The third-order valence-electron chi connectivity index (χ3n) is 9.02. The van der Waals surface area contributed by atoms with E-state index in [1.165, 1.54) is 0 Å². The standard InChI is InChI=1S/C30H41N5O5/c1-28(2,3)40-27(37)34-15-22(30(16-34)17-35(18-30)26(36)21-14-29(21,4)5)25-33-32-24(39-25)13-20-7-6-8-23(31-20)19-9-11-38-12-10-19/h6-8,19,21-22H,9-18H2,1-5H3/t21-,22?/m1/s1. The normalized spacial score (nSPS) is 25.6. The van der Waals surface area contributed by atoms with Gasteiger partial charge in [0.25, 0.3) is 0 Å². The zero-order valence-corrected chi connectivity index (χ0v) is 24.3. The Morgan fingerprint density at radius 2 is 1.77 bits per heavy atom. The summed E-state index contributed by atoms with van der Waals surface area (Å²) in [5, 5.41) is 8.82. The minimum Gasteiger partial charge on any atom is -0.444 e. The van der Waals surface area contributed by atoms with Crippen LogP contribution in [0.15, 0.2) is 22.6 Å². The molecule has 5 heterocycles. The van der Waals surface area contributed by atoms with Crippen LogP contribution in [-0.4, -0.2) is 82.0 Å². The Hall–Kier alpha value is -3.01. The molecule has 1 aliphatic carbocycles. The number of amides is 2. The van der Waals surface area contributed by atoms with Gasteiger partial charge in [-0.2, -0.15) is 0 Å². The second-order valence-corrected chi connectivity index (χ2v) is 13.9. The first-order valence-electron chi connectivity index (χ1n) is 14.6. The van der Waals surface area contributed by atoms with Crippen molar-refractivity contribution in [3.8, 4) is 0 Å². The van der Waals surface area contributed by atoms with E-state index in [-0.39, 0.29) is 34.7 Å². The van der Waals surface area contributed by atoms with Gasteiger partial charge in [-0.3, -0.25) is 9.78 Å². The molecule has 1 spiro atoms. The fourth-order valence-corrected chi connectivity index (χ4v) is 6.52. The van der Waals surface area contributed by atoms with Gasteiger partial charge in [-0.25, -0.2) is 4.79 Å². The second kappa shape index (κ2) is 9.82. The topological polar surface area (TPSA) is 111 Å². The Balaban J connectivity index is 1.18. The molecule has 2 aromatic rings. The van der Waals surface area contributed by atoms with E-state index in [1.54, 1.807) is 4.90 Å². The molecular formula is C30H41N5O5. The molecule has 10 heteroatoms. The molecule has 10 nitrogen and oxygen atoms in total. The van der Waals surface area contributed by atoms with Crippen molar-refractivity contribution >= 4 is 12.0 Å². The number of hydrogen-bond donors (Lipinski definition) is 0. The molecule has 2 amide bonds. The zero-order chi connectivity index (χ0) is 28.3. The quantitative estimate of drug-likeness (QED) is 0.545. The third-order valence-corrected chi connectivity index (χ3v) is 9.02. The number of pyridine rings is 1. The highest BCUT2D eigenvalue weighted by molar-refractivity contribution is 5.83. The van der Waals surface area contributed by atoms with Gasteiger partial charge in [0, 0.05) is 68.0 Å². The average molecular weight is 552 g/mol. The number of likely N-dealkylation sites (tertiary alicyclic amines) is 2. The summed E-state index contributed by atoms with van der Waals surface area (Å²) in [6.45, 7) is 13.5. The van der Waals surface area contributed by atoms with E-state index in [2.05, 4.69) is 30.1 Å². The molecule has 4 fully saturated rings. The summed E-state index contributed by atoms with van der Waals surface area (Å²) in [7, 11) is 0. The predicted molar refractivity (Wildman–Crippen MR) is 146 cm³/mol. The van der Waals surface area contributed by atoms with Crippen molar-refractivity contribution in [2.45, 2.75) is 77.7 Å². The highest BCUT2D eigenvalue weighted by Crippen LogP contribution is 2.55. The van der Waals surface area contributed by atoms with Crippen molar-refractivity contribution < 1.29 is 23.5 Å². The molecule has 3 aliphatic heterocycles. The summed E-state index contributed by atoms with van der Waals surface area (Å²) in [5.41, 5.74) is 1.14. The van der Waals surface area contributed by atoms with Gasteiger partial charge in [0.15, 0.2) is 0 Å². The molecule has 2 atom stereocenters. The van der Waals surface area contributed by atoms with Gasteiger partial charge in [-0.1, -0.05) is 19.9 Å². The van der Waals surface area contributed by atoms with Crippen LogP contribution in [0.5, 0.6) is 0 Å². The molecule has 40 heavy (non-hydrogen) atoms. The largest absolute Gasteiger partial charge is 0.444 e. The molecular weight excluding hydrogens is 510 g/mol. The van der Waals surface area contributed by atoms with Crippen molar-refractivity contribution in [2.75, 3.05) is 39.4 Å².